The van der Waals surface area contributed by atoms with Gasteiger partial charge in [0, 0.05) is 0 Å². The van der Waals surface area contributed by atoms with E-state index in [1.165, 1.54) is 0 Å². The molecule has 0 heterocycles. The van der Waals surface area contributed by atoms with Gasteiger partial charge in [0.2, 0.25) is 0 Å². The van der Waals surface area contributed by atoms with Crippen molar-refractivity contribution in [3.8, 4) is 0 Å². The number of carbonyl (C=O) groups excluding carboxylic acids is 1. The fourth-order valence-electron chi connectivity index (χ4n) is 0.330. The van der Waals surface area contributed by atoms with Crippen LogP contribution in [-0.4, -0.2) is 44.0 Å². The SMILES string of the molecule is [CH2-]CCC[CH-]C=O.[Ca+2]. The zero-order valence-electron chi connectivity index (χ0n) is 5.10. The van der Waals surface area contributed by atoms with Crippen LogP contribution in [0.25, 0.3) is 0 Å². The van der Waals surface area contributed by atoms with Crippen LogP contribution in [-0.2, 0) is 4.79 Å². The molecule has 0 unspecified atom stereocenters. The molecule has 0 aliphatic heterocycles. The minimum absolute atomic E-state index is 0. The second kappa shape index (κ2) is 10.7. The van der Waals surface area contributed by atoms with Crippen LogP contribution in [0.4, 0.5) is 0 Å². The molecule has 0 N–H and O–H groups in total. The summed E-state index contributed by atoms with van der Waals surface area (Å²) in [6.45, 7) is 3.62. The largest absolute Gasteiger partial charge is 2.00 e. The molecule has 0 fully saturated rings. The molecule has 42 valence electrons. The molecule has 0 aromatic heterocycles. The van der Waals surface area contributed by atoms with E-state index in [0.717, 1.165) is 25.5 Å². The third-order valence-corrected chi connectivity index (χ3v) is 0.717. The zero-order valence-corrected chi connectivity index (χ0v) is 7.31. The molecule has 0 saturated heterocycles. The topological polar surface area (TPSA) is 17.1 Å². The van der Waals surface area contributed by atoms with Crippen LogP contribution in [0.2, 0.25) is 0 Å². The molecule has 0 saturated carbocycles. The maximum atomic E-state index is 9.60. The van der Waals surface area contributed by atoms with Gasteiger partial charge in [0.15, 0.2) is 0 Å². The van der Waals surface area contributed by atoms with Gasteiger partial charge in [0.25, 0.3) is 0 Å². The Bertz CT molecular complexity index is 45.8. The van der Waals surface area contributed by atoms with E-state index in [4.69, 9.17) is 0 Å². The summed E-state index contributed by atoms with van der Waals surface area (Å²) in [6.07, 6.45) is 5.27. The van der Waals surface area contributed by atoms with Crippen LogP contribution in [0.5, 0.6) is 0 Å². The molecule has 0 aromatic rings. The average molecular weight is 138 g/mol. The summed E-state index contributed by atoms with van der Waals surface area (Å²) in [5, 5.41) is 0. The van der Waals surface area contributed by atoms with Crippen molar-refractivity contribution in [2.75, 3.05) is 0 Å². The summed E-state index contributed by atoms with van der Waals surface area (Å²) in [5.74, 6) is 0. The fraction of sp³-hybridized carbons (Fsp3) is 0.500. The van der Waals surface area contributed by atoms with E-state index in [9.17, 15) is 4.79 Å². The Balaban J connectivity index is 0. The van der Waals surface area contributed by atoms with Crippen LogP contribution in [0.3, 0.4) is 0 Å². The van der Waals surface area contributed by atoms with E-state index >= 15 is 0 Å². The Morgan fingerprint density at radius 3 is 2.62 bits per heavy atom. The van der Waals surface area contributed by atoms with Gasteiger partial charge in [-0.2, -0.15) is 12.8 Å². The monoisotopic (exact) mass is 138 g/mol. The van der Waals surface area contributed by atoms with Gasteiger partial charge in [0.05, 0.1) is 0 Å². The van der Waals surface area contributed by atoms with Gasteiger partial charge >= 0.3 is 37.7 Å². The molecule has 0 aromatic carbocycles. The molecule has 0 bridgehead atoms. The van der Waals surface area contributed by atoms with E-state index in [0.29, 0.717) is 0 Å². The van der Waals surface area contributed by atoms with Crippen molar-refractivity contribution in [1.82, 2.24) is 0 Å². The fourth-order valence-corrected chi connectivity index (χ4v) is 0.330. The molecule has 8 heavy (non-hydrogen) atoms. The molecule has 0 rings (SSSR count). The maximum Gasteiger partial charge on any atom is 2.00 e. The van der Waals surface area contributed by atoms with Crippen LogP contribution in [0, 0.1) is 13.3 Å². The van der Waals surface area contributed by atoms with Crippen molar-refractivity contribution >= 4 is 44.0 Å². The molecular weight excluding hydrogens is 128 g/mol. The summed E-state index contributed by atoms with van der Waals surface area (Å²) in [4.78, 5) is 9.60. The quantitative estimate of drug-likeness (QED) is 0.245. The number of carbonyl (C=O) groups is 1. The third kappa shape index (κ3) is 9.93. The molecule has 0 radical (unpaired) electrons. The van der Waals surface area contributed by atoms with Gasteiger partial charge < -0.3 is 18.1 Å². The van der Waals surface area contributed by atoms with E-state index < -0.39 is 0 Å². The van der Waals surface area contributed by atoms with E-state index in [-0.39, 0.29) is 37.7 Å². The average Bonchev–Trinajstić information content (AvgIpc) is 1.69. The molecule has 0 amide bonds. The molecule has 0 spiro atoms. The smallest absolute Gasteiger partial charge is 0.343 e. The Labute approximate surface area is 80.8 Å². The molecule has 0 aliphatic rings. The molecule has 0 atom stereocenters. The number of unbranched alkanes of at least 4 members (excludes halogenated alkanes) is 3. The second-order valence-electron chi connectivity index (χ2n) is 1.37. The van der Waals surface area contributed by atoms with Gasteiger partial charge in [-0.05, 0) is 6.29 Å². The minimum Gasteiger partial charge on any atom is -0.343 e. The summed E-state index contributed by atoms with van der Waals surface area (Å²) >= 11 is 0. The zero-order chi connectivity index (χ0) is 5.54. The Hall–Kier alpha value is 0.800. The minimum atomic E-state index is 0. The standard InChI is InChI=1S/C6H10O.Ca/c1-2-3-4-5-6-7;/h5-6H,1-4H2;/q-2;+2. The van der Waals surface area contributed by atoms with Crippen molar-refractivity contribution < 1.29 is 4.79 Å². The molecular formula is C6H10CaO. The number of aldehydes is 1. The summed E-state index contributed by atoms with van der Waals surface area (Å²) < 4.78 is 0. The van der Waals surface area contributed by atoms with Crippen LogP contribution >= 0.6 is 0 Å². The molecule has 1 nitrogen and oxygen atoms in total. The predicted octanol–water partition coefficient (Wildman–Crippen LogP) is 1.01. The van der Waals surface area contributed by atoms with Gasteiger partial charge in [-0.3, -0.25) is 0 Å². The van der Waals surface area contributed by atoms with Gasteiger partial charge in [-0.25, -0.2) is 0 Å². The van der Waals surface area contributed by atoms with Crippen molar-refractivity contribution in [3.05, 3.63) is 13.3 Å². The van der Waals surface area contributed by atoms with Crippen molar-refractivity contribution in [1.29, 1.82) is 0 Å². The normalized spacial score (nSPS) is 7.12. The first-order valence-electron chi connectivity index (χ1n) is 2.48. The number of rotatable bonds is 4. The first kappa shape index (κ1) is 11.6. The van der Waals surface area contributed by atoms with Crippen molar-refractivity contribution in [2.24, 2.45) is 0 Å². The van der Waals surface area contributed by atoms with Crippen LogP contribution in [0.1, 0.15) is 19.3 Å². The predicted molar refractivity (Wildman–Crippen MR) is 35.3 cm³/mol. The third-order valence-electron chi connectivity index (χ3n) is 0.717. The first-order chi connectivity index (χ1) is 3.41. The second-order valence-corrected chi connectivity index (χ2v) is 1.37. The van der Waals surface area contributed by atoms with Gasteiger partial charge in [-0.1, -0.05) is 0 Å². The number of hydrogen-bond donors (Lipinski definition) is 0. The Morgan fingerprint density at radius 1 is 1.62 bits per heavy atom. The van der Waals surface area contributed by atoms with Crippen molar-refractivity contribution in [2.45, 2.75) is 19.3 Å². The molecule has 2 heteroatoms. The van der Waals surface area contributed by atoms with E-state index in [2.05, 4.69) is 6.92 Å². The molecule has 0 aliphatic carbocycles. The summed E-state index contributed by atoms with van der Waals surface area (Å²) in [5.41, 5.74) is 0. The Morgan fingerprint density at radius 2 is 2.25 bits per heavy atom. The van der Waals surface area contributed by atoms with Gasteiger partial charge in [-0.15, -0.1) is 6.42 Å². The maximum absolute atomic E-state index is 9.60. The van der Waals surface area contributed by atoms with Crippen LogP contribution in [0.15, 0.2) is 0 Å². The summed E-state index contributed by atoms with van der Waals surface area (Å²) in [6, 6.07) is 0. The van der Waals surface area contributed by atoms with Gasteiger partial charge in [0.1, 0.15) is 0 Å². The number of hydrogen-bond acceptors (Lipinski definition) is 1. The van der Waals surface area contributed by atoms with Crippen molar-refractivity contribution in [3.63, 3.8) is 0 Å². The van der Waals surface area contributed by atoms with E-state index in [1.54, 1.807) is 6.42 Å². The Kier molecular flexibility index (Phi) is 15.5. The summed E-state index contributed by atoms with van der Waals surface area (Å²) in [7, 11) is 0. The first-order valence-corrected chi connectivity index (χ1v) is 2.48. The van der Waals surface area contributed by atoms with E-state index in [1.807, 2.05) is 0 Å². The van der Waals surface area contributed by atoms with Crippen LogP contribution < -0.4 is 0 Å².